The maximum absolute atomic E-state index is 6.37. The molecule has 160 valence electrons. The molecule has 0 N–H and O–H groups in total. The minimum atomic E-state index is -1.63. The lowest BCUT2D eigenvalue weighted by atomic mass is 9.91. The van der Waals surface area contributed by atoms with E-state index in [0.717, 1.165) is 32.1 Å². The first-order chi connectivity index (χ1) is 12.6. The second kappa shape index (κ2) is 11.6. The second-order valence-corrected chi connectivity index (χ2v) is 14.7. The molecular weight excluding hydrogens is 352 g/mol. The molecule has 0 aliphatic carbocycles. The summed E-state index contributed by atoms with van der Waals surface area (Å²) in [6, 6.07) is 0.456. The minimum absolute atomic E-state index is 0.288. The van der Waals surface area contributed by atoms with E-state index in [1.807, 2.05) is 0 Å². The van der Waals surface area contributed by atoms with Gasteiger partial charge in [0.25, 0.3) is 0 Å². The maximum Gasteiger partial charge on any atom is 0.191 e. The van der Waals surface area contributed by atoms with Crippen LogP contribution in [0.25, 0.3) is 0 Å². The van der Waals surface area contributed by atoms with Crippen molar-refractivity contribution in [2.75, 3.05) is 26.9 Å². The quantitative estimate of drug-likeness (QED) is 0.232. The van der Waals surface area contributed by atoms with Gasteiger partial charge in [0.1, 0.15) is 0 Å². The fourth-order valence-electron chi connectivity index (χ4n) is 3.34. The Morgan fingerprint density at radius 3 is 2.59 bits per heavy atom. The third kappa shape index (κ3) is 8.65. The Kier molecular flexibility index (Phi) is 10.6. The molecule has 0 saturated carbocycles. The van der Waals surface area contributed by atoms with E-state index in [4.69, 9.17) is 14.3 Å². The van der Waals surface area contributed by atoms with Crippen LogP contribution in [0.15, 0.2) is 5.10 Å². The normalized spacial score (nSPS) is 21.2. The number of hydrogen-bond donors (Lipinski definition) is 0. The molecular formula is C22H46N2O2Si. The molecule has 5 heteroatoms. The predicted octanol–water partition coefficient (Wildman–Crippen LogP) is 5.94. The number of nitrogens with zero attached hydrogens (tertiary/aromatic N) is 2. The Hall–Kier alpha value is -0.393. The molecule has 1 aliphatic rings. The molecule has 0 aromatic heterocycles. The Morgan fingerprint density at radius 2 is 2.00 bits per heavy atom. The number of hydrazone groups is 1. The zero-order chi connectivity index (χ0) is 20.5. The van der Waals surface area contributed by atoms with Crippen LogP contribution in [-0.4, -0.2) is 52.5 Å². The third-order valence-electron chi connectivity index (χ3n) is 6.52. The topological polar surface area (TPSA) is 34.1 Å². The lowest BCUT2D eigenvalue weighted by Gasteiger charge is -2.36. The Balaban J connectivity index is 2.55. The number of rotatable bonds is 12. The summed E-state index contributed by atoms with van der Waals surface area (Å²) in [6.07, 6.45) is 9.41. The van der Waals surface area contributed by atoms with Gasteiger partial charge in [-0.05, 0) is 62.1 Å². The van der Waals surface area contributed by atoms with Gasteiger partial charge < -0.3 is 9.16 Å². The van der Waals surface area contributed by atoms with Crippen molar-refractivity contribution < 1.29 is 9.16 Å². The summed E-state index contributed by atoms with van der Waals surface area (Å²) in [6.45, 7) is 19.0. The fraction of sp³-hybridized carbons (Fsp3) is 0.955. The first-order valence-corrected chi connectivity index (χ1v) is 13.9. The van der Waals surface area contributed by atoms with E-state index < -0.39 is 8.32 Å². The largest absolute Gasteiger partial charge is 0.417 e. The molecule has 0 aromatic carbocycles. The predicted molar refractivity (Wildman–Crippen MR) is 120 cm³/mol. The highest BCUT2D eigenvalue weighted by molar-refractivity contribution is 6.74. The van der Waals surface area contributed by atoms with Gasteiger partial charge in [-0.25, -0.2) is 0 Å². The van der Waals surface area contributed by atoms with E-state index in [0.29, 0.717) is 12.0 Å². The van der Waals surface area contributed by atoms with Crippen molar-refractivity contribution in [1.29, 1.82) is 0 Å². The standard InChI is InChI=1S/C22H46N2O2Si/c1-9-19(2)16-20(12-11-15-26-27(7,8)22(3,4)5)17-23-24-14-10-13-21(24)18-25-6/h17,19-21H,9-16,18H2,1-8H3/b23-17+/t19-,20+,21-/m0/s1. The Morgan fingerprint density at radius 1 is 1.30 bits per heavy atom. The van der Waals surface area contributed by atoms with Gasteiger partial charge in [0.05, 0.1) is 12.6 Å². The van der Waals surface area contributed by atoms with Crippen molar-refractivity contribution in [2.45, 2.75) is 97.3 Å². The van der Waals surface area contributed by atoms with Gasteiger partial charge >= 0.3 is 0 Å². The molecule has 1 fully saturated rings. The van der Waals surface area contributed by atoms with Gasteiger partial charge in [-0.2, -0.15) is 5.10 Å². The van der Waals surface area contributed by atoms with Crippen LogP contribution in [0.2, 0.25) is 18.1 Å². The van der Waals surface area contributed by atoms with E-state index in [1.165, 1.54) is 32.1 Å². The average Bonchev–Trinajstić information content (AvgIpc) is 3.02. The lowest BCUT2D eigenvalue weighted by Crippen LogP contribution is -2.41. The number of methoxy groups -OCH3 is 1. The zero-order valence-corrected chi connectivity index (χ0v) is 20.4. The van der Waals surface area contributed by atoms with Crippen molar-refractivity contribution in [3.63, 3.8) is 0 Å². The maximum atomic E-state index is 6.37. The highest BCUT2D eigenvalue weighted by Crippen LogP contribution is 2.36. The van der Waals surface area contributed by atoms with E-state index in [-0.39, 0.29) is 5.04 Å². The van der Waals surface area contributed by atoms with E-state index in [1.54, 1.807) is 7.11 Å². The van der Waals surface area contributed by atoms with Crippen molar-refractivity contribution >= 4 is 14.5 Å². The van der Waals surface area contributed by atoms with Crippen LogP contribution >= 0.6 is 0 Å². The van der Waals surface area contributed by atoms with Crippen LogP contribution in [-0.2, 0) is 9.16 Å². The van der Waals surface area contributed by atoms with Crippen LogP contribution < -0.4 is 0 Å². The molecule has 1 heterocycles. The van der Waals surface area contributed by atoms with Crippen LogP contribution in [0, 0.1) is 11.8 Å². The van der Waals surface area contributed by atoms with Gasteiger partial charge in [-0.1, -0.05) is 41.0 Å². The van der Waals surface area contributed by atoms with E-state index in [9.17, 15) is 0 Å². The molecule has 0 aromatic rings. The lowest BCUT2D eigenvalue weighted by molar-refractivity contribution is 0.118. The molecule has 27 heavy (non-hydrogen) atoms. The molecule has 0 radical (unpaired) electrons. The highest BCUT2D eigenvalue weighted by Gasteiger charge is 2.36. The molecule has 0 unspecified atom stereocenters. The molecule has 3 atom stereocenters. The zero-order valence-electron chi connectivity index (χ0n) is 19.4. The molecule has 4 nitrogen and oxygen atoms in total. The van der Waals surface area contributed by atoms with Crippen LogP contribution in [0.5, 0.6) is 0 Å². The smallest absolute Gasteiger partial charge is 0.191 e. The summed E-state index contributed by atoms with van der Waals surface area (Å²) in [5.41, 5.74) is 0. The average molecular weight is 399 g/mol. The van der Waals surface area contributed by atoms with Crippen LogP contribution in [0.4, 0.5) is 0 Å². The summed E-state index contributed by atoms with van der Waals surface area (Å²) >= 11 is 0. The molecule has 1 rings (SSSR count). The van der Waals surface area contributed by atoms with E-state index in [2.05, 4.69) is 58.9 Å². The van der Waals surface area contributed by atoms with Gasteiger partial charge in [0.2, 0.25) is 0 Å². The molecule has 0 bridgehead atoms. The summed E-state index contributed by atoms with van der Waals surface area (Å²) in [4.78, 5) is 0. The SMILES string of the molecule is CC[C@H](C)C[C@H](/C=N/N1CCC[C@H]1COC)CCCO[Si](C)(C)C(C)(C)C. The van der Waals surface area contributed by atoms with Crippen molar-refractivity contribution in [3.8, 4) is 0 Å². The third-order valence-corrected chi connectivity index (χ3v) is 11.1. The monoisotopic (exact) mass is 398 g/mol. The molecule has 1 saturated heterocycles. The first kappa shape index (κ1) is 24.6. The molecule has 0 amide bonds. The van der Waals surface area contributed by atoms with E-state index >= 15 is 0 Å². The summed E-state index contributed by atoms with van der Waals surface area (Å²) in [5, 5.41) is 7.41. The van der Waals surface area contributed by atoms with Gasteiger partial charge in [-0.3, -0.25) is 5.01 Å². The second-order valence-electron chi connectivity index (χ2n) is 9.94. The van der Waals surface area contributed by atoms with Gasteiger partial charge in [0.15, 0.2) is 8.32 Å². The Bertz CT molecular complexity index is 435. The van der Waals surface area contributed by atoms with Crippen LogP contribution in [0.3, 0.4) is 0 Å². The minimum Gasteiger partial charge on any atom is -0.417 e. The summed E-state index contributed by atoms with van der Waals surface area (Å²) < 4.78 is 11.7. The highest BCUT2D eigenvalue weighted by atomic mass is 28.4. The Labute approximate surface area is 170 Å². The van der Waals surface area contributed by atoms with Crippen molar-refractivity contribution in [2.24, 2.45) is 16.9 Å². The van der Waals surface area contributed by atoms with Gasteiger partial charge in [0, 0.05) is 26.5 Å². The van der Waals surface area contributed by atoms with Crippen LogP contribution in [0.1, 0.15) is 73.1 Å². The van der Waals surface area contributed by atoms with Crippen molar-refractivity contribution in [1.82, 2.24) is 5.01 Å². The molecule has 0 spiro atoms. The van der Waals surface area contributed by atoms with Gasteiger partial charge in [-0.15, -0.1) is 0 Å². The van der Waals surface area contributed by atoms with Crippen molar-refractivity contribution in [3.05, 3.63) is 0 Å². The number of ether oxygens (including phenoxy) is 1. The fourth-order valence-corrected chi connectivity index (χ4v) is 4.43. The number of hydrogen-bond acceptors (Lipinski definition) is 4. The molecule has 1 aliphatic heterocycles. The summed E-state index contributed by atoms with van der Waals surface area (Å²) in [5.74, 6) is 1.29. The summed E-state index contributed by atoms with van der Waals surface area (Å²) in [7, 11) is 0.156. The first-order valence-electron chi connectivity index (χ1n) is 11.0.